The third-order valence-electron chi connectivity index (χ3n) is 6.30. The van der Waals surface area contributed by atoms with E-state index in [4.69, 9.17) is 0 Å². The number of aliphatic hydroxyl groups excluding tert-OH is 1. The lowest BCUT2D eigenvalue weighted by atomic mass is 9.96. The van der Waals surface area contributed by atoms with E-state index < -0.39 is 12.0 Å². The molecular formula is C26H32N4O2. The largest absolute Gasteiger partial charge is 0.392 e. The Bertz CT molecular complexity index is 1000. The minimum atomic E-state index is -0.792. The molecule has 1 aliphatic rings. The summed E-state index contributed by atoms with van der Waals surface area (Å²) < 4.78 is 0. The van der Waals surface area contributed by atoms with E-state index >= 15 is 0 Å². The van der Waals surface area contributed by atoms with E-state index in [1.807, 2.05) is 54.7 Å². The van der Waals surface area contributed by atoms with Crippen molar-refractivity contribution >= 4 is 5.91 Å². The molecule has 3 aromatic rings. The maximum atomic E-state index is 13.0. The van der Waals surface area contributed by atoms with Gasteiger partial charge in [0.15, 0.2) is 0 Å². The van der Waals surface area contributed by atoms with E-state index in [2.05, 4.69) is 46.6 Å². The van der Waals surface area contributed by atoms with Gasteiger partial charge in [-0.3, -0.25) is 4.79 Å². The van der Waals surface area contributed by atoms with Gasteiger partial charge in [-0.15, -0.1) is 0 Å². The Morgan fingerprint density at radius 1 is 1.06 bits per heavy atom. The van der Waals surface area contributed by atoms with Crippen LogP contribution in [0.2, 0.25) is 0 Å². The third kappa shape index (κ3) is 5.09. The molecule has 0 saturated heterocycles. The highest BCUT2D eigenvalue weighted by Gasteiger charge is 2.47. The summed E-state index contributed by atoms with van der Waals surface area (Å²) in [5, 5.41) is 17.8. The lowest BCUT2D eigenvalue weighted by Crippen LogP contribution is -2.36. The second-order valence-corrected chi connectivity index (χ2v) is 8.91. The number of amides is 1. The molecule has 2 aromatic carbocycles. The molecule has 4 rings (SSSR count). The number of aromatic nitrogens is 2. The first kappa shape index (κ1) is 22.2. The SMILES string of the molecule is CC(C)c1ncc([C@@H]2[C@H](O)[C@@H](C(=O)NCc3ccccc3)C[C@H]2NCc2ccccc2)[nH]1. The van der Waals surface area contributed by atoms with Crippen LogP contribution >= 0.6 is 0 Å². The fourth-order valence-corrected chi connectivity index (χ4v) is 4.50. The van der Waals surface area contributed by atoms with E-state index in [0.29, 0.717) is 19.5 Å². The van der Waals surface area contributed by atoms with Gasteiger partial charge in [0.05, 0.1) is 12.0 Å². The quantitative estimate of drug-likeness (QED) is 0.439. The number of hydrogen-bond acceptors (Lipinski definition) is 4. The Morgan fingerprint density at radius 3 is 2.28 bits per heavy atom. The monoisotopic (exact) mass is 432 g/mol. The van der Waals surface area contributed by atoms with Crippen LogP contribution in [-0.2, 0) is 17.9 Å². The highest BCUT2D eigenvalue weighted by Crippen LogP contribution is 2.39. The number of nitrogens with zero attached hydrogens (tertiary/aromatic N) is 1. The molecule has 4 N–H and O–H groups in total. The number of hydrogen-bond donors (Lipinski definition) is 4. The predicted molar refractivity (Wildman–Crippen MR) is 125 cm³/mol. The zero-order valence-electron chi connectivity index (χ0n) is 18.7. The minimum Gasteiger partial charge on any atom is -0.392 e. The van der Waals surface area contributed by atoms with Gasteiger partial charge in [0.2, 0.25) is 5.91 Å². The molecule has 0 radical (unpaired) electrons. The minimum absolute atomic E-state index is 0.0434. The molecule has 0 unspecified atom stereocenters. The average molecular weight is 433 g/mol. The van der Waals surface area contributed by atoms with Crippen LogP contribution in [0.15, 0.2) is 66.9 Å². The zero-order chi connectivity index (χ0) is 22.5. The summed E-state index contributed by atoms with van der Waals surface area (Å²) in [7, 11) is 0. The predicted octanol–water partition coefficient (Wildman–Crippen LogP) is 3.47. The van der Waals surface area contributed by atoms with Crippen LogP contribution in [0.4, 0.5) is 0 Å². The number of aliphatic hydroxyl groups is 1. The van der Waals surface area contributed by atoms with E-state index in [0.717, 1.165) is 17.1 Å². The molecule has 0 spiro atoms. The Hall–Kier alpha value is -2.96. The van der Waals surface area contributed by atoms with Crippen molar-refractivity contribution < 1.29 is 9.90 Å². The maximum Gasteiger partial charge on any atom is 0.226 e. The van der Waals surface area contributed by atoms with Crippen LogP contribution in [0.25, 0.3) is 0 Å². The number of imidazole rings is 1. The fourth-order valence-electron chi connectivity index (χ4n) is 4.50. The Kier molecular flexibility index (Phi) is 7.02. The number of aromatic amines is 1. The van der Waals surface area contributed by atoms with Gasteiger partial charge in [0.1, 0.15) is 5.82 Å². The van der Waals surface area contributed by atoms with Gasteiger partial charge < -0.3 is 20.7 Å². The van der Waals surface area contributed by atoms with Crippen molar-refractivity contribution in [3.05, 3.63) is 89.5 Å². The van der Waals surface area contributed by atoms with Crippen LogP contribution in [0, 0.1) is 5.92 Å². The van der Waals surface area contributed by atoms with Gasteiger partial charge in [0.25, 0.3) is 0 Å². The van der Waals surface area contributed by atoms with Gasteiger partial charge in [-0.2, -0.15) is 0 Å². The Balaban J connectivity index is 1.50. The van der Waals surface area contributed by atoms with E-state index in [1.165, 1.54) is 5.56 Å². The Labute approximate surface area is 189 Å². The van der Waals surface area contributed by atoms with Crippen molar-refractivity contribution in [2.45, 2.75) is 57.3 Å². The number of nitrogens with one attached hydrogen (secondary N) is 3. The summed E-state index contributed by atoms with van der Waals surface area (Å²) in [5.74, 6) is 0.335. The van der Waals surface area contributed by atoms with Gasteiger partial charge in [-0.1, -0.05) is 74.5 Å². The van der Waals surface area contributed by atoms with Crippen molar-refractivity contribution in [1.29, 1.82) is 0 Å². The van der Waals surface area contributed by atoms with Crippen molar-refractivity contribution in [3.8, 4) is 0 Å². The number of carbonyl (C=O) groups is 1. The summed E-state index contributed by atoms with van der Waals surface area (Å²) >= 11 is 0. The molecule has 0 bridgehead atoms. The van der Waals surface area contributed by atoms with Crippen LogP contribution in [-0.4, -0.2) is 33.1 Å². The molecular weight excluding hydrogens is 400 g/mol. The van der Waals surface area contributed by atoms with Crippen LogP contribution in [0.3, 0.4) is 0 Å². The summed E-state index contributed by atoms with van der Waals surface area (Å²) in [6, 6.07) is 20.0. The summed E-state index contributed by atoms with van der Waals surface area (Å²) in [5.41, 5.74) is 3.09. The van der Waals surface area contributed by atoms with E-state index in [1.54, 1.807) is 0 Å². The summed E-state index contributed by atoms with van der Waals surface area (Å²) in [6.45, 7) is 5.30. The first-order chi connectivity index (χ1) is 15.5. The van der Waals surface area contributed by atoms with Gasteiger partial charge in [-0.25, -0.2) is 4.98 Å². The highest BCUT2D eigenvalue weighted by atomic mass is 16.3. The smallest absolute Gasteiger partial charge is 0.226 e. The molecule has 1 saturated carbocycles. The Morgan fingerprint density at radius 2 is 1.69 bits per heavy atom. The highest BCUT2D eigenvalue weighted by molar-refractivity contribution is 5.80. The molecule has 4 atom stereocenters. The molecule has 1 amide bonds. The van der Waals surface area contributed by atoms with Gasteiger partial charge in [0, 0.05) is 42.9 Å². The van der Waals surface area contributed by atoms with Crippen molar-refractivity contribution in [3.63, 3.8) is 0 Å². The fraction of sp³-hybridized carbons (Fsp3) is 0.385. The van der Waals surface area contributed by atoms with Crippen LogP contribution < -0.4 is 10.6 Å². The molecule has 1 aromatic heterocycles. The summed E-state index contributed by atoms with van der Waals surface area (Å²) in [6.07, 6.45) is 1.58. The maximum absolute atomic E-state index is 13.0. The first-order valence-corrected chi connectivity index (χ1v) is 11.3. The topological polar surface area (TPSA) is 90.0 Å². The van der Waals surface area contributed by atoms with E-state index in [-0.39, 0.29) is 23.8 Å². The number of benzene rings is 2. The first-order valence-electron chi connectivity index (χ1n) is 11.3. The molecule has 6 nitrogen and oxygen atoms in total. The van der Waals surface area contributed by atoms with Crippen LogP contribution in [0.5, 0.6) is 0 Å². The molecule has 168 valence electrons. The van der Waals surface area contributed by atoms with Gasteiger partial charge in [-0.05, 0) is 17.5 Å². The standard InChI is InChI=1S/C26H32N4O2/c1-17(2)25-28-16-22(30-25)23-21(27-14-18-9-5-3-6-10-18)13-20(24(23)31)26(32)29-15-19-11-7-4-8-12-19/h3-12,16-17,20-21,23-24,27,31H,13-15H2,1-2H3,(H,28,30)(H,29,32)/t20-,21+,23+,24+/m0/s1. The zero-order valence-corrected chi connectivity index (χ0v) is 18.7. The normalized spacial score (nSPS) is 22.9. The molecule has 0 aliphatic heterocycles. The molecule has 1 heterocycles. The van der Waals surface area contributed by atoms with Crippen molar-refractivity contribution in [1.82, 2.24) is 20.6 Å². The molecule has 1 fully saturated rings. The lowest BCUT2D eigenvalue weighted by molar-refractivity contribution is -0.127. The molecule has 1 aliphatic carbocycles. The van der Waals surface area contributed by atoms with E-state index in [9.17, 15) is 9.90 Å². The molecule has 6 heteroatoms. The molecule has 32 heavy (non-hydrogen) atoms. The number of carbonyl (C=O) groups excluding carboxylic acids is 1. The average Bonchev–Trinajstić information content (AvgIpc) is 3.42. The third-order valence-corrected chi connectivity index (χ3v) is 6.30. The number of H-pyrrole nitrogens is 1. The van der Waals surface area contributed by atoms with Crippen molar-refractivity contribution in [2.24, 2.45) is 5.92 Å². The van der Waals surface area contributed by atoms with Crippen molar-refractivity contribution in [2.75, 3.05) is 0 Å². The second-order valence-electron chi connectivity index (χ2n) is 8.91. The lowest BCUT2D eigenvalue weighted by Gasteiger charge is -2.22. The summed E-state index contributed by atoms with van der Waals surface area (Å²) in [4.78, 5) is 20.9. The van der Waals surface area contributed by atoms with Gasteiger partial charge >= 0.3 is 0 Å². The van der Waals surface area contributed by atoms with Crippen LogP contribution in [0.1, 0.15) is 54.7 Å². The number of rotatable bonds is 8. The second kappa shape index (κ2) is 10.1.